The first kappa shape index (κ1) is 5.95. The third-order valence-electron chi connectivity index (χ3n) is 1.71. The summed E-state index contributed by atoms with van der Waals surface area (Å²) in [7, 11) is 0. The van der Waals surface area contributed by atoms with Crippen LogP contribution in [0.5, 0.6) is 0 Å². The summed E-state index contributed by atoms with van der Waals surface area (Å²) in [4.78, 5) is 0. The molecule has 1 fully saturated rings. The lowest BCUT2D eigenvalue weighted by atomic mass is 9.81. The molecule has 0 heterocycles. The Bertz CT molecular complexity index is 79.7. The van der Waals surface area contributed by atoms with E-state index in [1.807, 2.05) is 0 Å². The first-order valence-corrected chi connectivity index (χ1v) is 2.75. The van der Waals surface area contributed by atoms with Crippen molar-refractivity contribution in [3.63, 3.8) is 0 Å². The summed E-state index contributed by atoms with van der Waals surface area (Å²) in [6.07, 6.45) is -0.813. The Morgan fingerprint density at radius 3 is 2.00 bits per heavy atom. The average Bonchev–Trinajstić information content (AvgIpc) is 1.61. The normalized spacial score (nSPS) is 37.5. The average molecular weight is 121 g/mol. The number of hydrogen-bond acceptors (Lipinski definition) is 1. The highest BCUT2D eigenvalue weighted by Gasteiger charge is 2.34. The summed E-state index contributed by atoms with van der Waals surface area (Å²) in [5.74, 6) is -0.505. The fourth-order valence-corrected chi connectivity index (χ4v) is 0.864. The molecule has 2 N–H and O–H groups in total. The quantitative estimate of drug-likeness (QED) is 0.550. The Morgan fingerprint density at radius 2 is 2.00 bits per heavy atom. The predicted octanol–water partition coefficient (Wildman–Crippen LogP) is 0.989. The molecule has 0 bridgehead atoms. The molecule has 0 saturated heterocycles. The fourth-order valence-electron chi connectivity index (χ4n) is 0.864. The van der Waals surface area contributed by atoms with E-state index in [1.165, 1.54) is 0 Å². The number of rotatable bonds is 1. The van der Waals surface area contributed by atoms with Gasteiger partial charge in [0, 0.05) is 12.0 Å². The molecule has 0 amide bonds. The van der Waals surface area contributed by atoms with E-state index >= 15 is 0 Å². The van der Waals surface area contributed by atoms with Gasteiger partial charge in [-0.15, -0.1) is 0 Å². The zero-order chi connectivity index (χ0) is 6.15. The molecule has 1 aliphatic carbocycles. The SMILES string of the molecule is N[C@@H]1CC[C@H]1C(F)F. The summed E-state index contributed by atoms with van der Waals surface area (Å²) >= 11 is 0. The Balaban J connectivity index is 2.26. The number of nitrogens with two attached hydrogens (primary N) is 1. The van der Waals surface area contributed by atoms with E-state index in [1.54, 1.807) is 0 Å². The van der Waals surface area contributed by atoms with Gasteiger partial charge in [-0.05, 0) is 12.8 Å². The van der Waals surface area contributed by atoms with Crippen LogP contribution in [0.25, 0.3) is 0 Å². The standard InChI is InChI=1S/C5H9F2N/c6-5(7)3-1-2-4(3)8/h3-5H,1-2,8H2/t3-,4-/m1/s1. The van der Waals surface area contributed by atoms with E-state index in [0.717, 1.165) is 6.42 Å². The number of alkyl halides is 2. The first-order valence-electron chi connectivity index (χ1n) is 2.75. The first-order chi connectivity index (χ1) is 3.72. The van der Waals surface area contributed by atoms with E-state index in [2.05, 4.69) is 0 Å². The minimum absolute atomic E-state index is 0.227. The van der Waals surface area contributed by atoms with Crippen LogP contribution in [0.1, 0.15) is 12.8 Å². The molecular weight excluding hydrogens is 112 g/mol. The smallest absolute Gasteiger partial charge is 0.242 e. The lowest BCUT2D eigenvalue weighted by Gasteiger charge is -2.32. The zero-order valence-electron chi connectivity index (χ0n) is 4.48. The van der Waals surface area contributed by atoms with Crippen LogP contribution in [0.2, 0.25) is 0 Å². The van der Waals surface area contributed by atoms with Crippen LogP contribution >= 0.6 is 0 Å². The molecular formula is C5H9F2N. The molecule has 0 aromatic heterocycles. The Kier molecular flexibility index (Phi) is 1.47. The summed E-state index contributed by atoms with van der Waals surface area (Å²) in [6, 6.07) is -0.227. The lowest BCUT2D eigenvalue weighted by Crippen LogP contribution is -2.43. The van der Waals surface area contributed by atoms with Gasteiger partial charge in [0.1, 0.15) is 0 Å². The topological polar surface area (TPSA) is 26.0 Å². The minimum Gasteiger partial charge on any atom is -0.327 e. The molecule has 0 spiro atoms. The van der Waals surface area contributed by atoms with Gasteiger partial charge in [-0.3, -0.25) is 0 Å². The maximum Gasteiger partial charge on any atom is 0.242 e. The van der Waals surface area contributed by atoms with Gasteiger partial charge < -0.3 is 5.73 Å². The van der Waals surface area contributed by atoms with Gasteiger partial charge in [-0.25, -0.2) is 8.78 Å². The summed E-state index contributed by atoms with van der Waals surface area (Å²) < 4.78 is 23.3. The van der Waals surface area contributed by atoms with Gasteiger partial charge in [0.05, 0.1) is 0 Å². The van der Waals surface area contributed by atoms with E-state index in [-0.39, 0.29) is 6.04 Å². The molecule has 0 aliphatic heterocycles. The highest BCUT2D eigenvalue weighted by molar-refractivity contribution is 4.84. The fraction of sp³-hybridized carbons (Fsp3) is 1.00. The number of hydrogen-bond donors (Lipinski definition) is 1. The summed E-state index contributed by atoms with van der Waals surface area (Å²) in [5.41, 5.74) is 5.24. The molecule has 1 nitrogen and oxygen atoms in total. The van der Waals surface area contributed by atoms with E-state index in [4.69, 9.17) is 5.73 Å². The van der Waals surface area contributed by atoms with Crippen molar-refractivity contribution in [2.45, 2.75) is 25.3 Å². The molecule has 1 saturated carbocycles. The Labute approximate surface area is 46.9 Å². The van der Waals surface area contributed by atoms with Crippen molar-refractivity contribution in [1.29, 1.82) is 0 Å². The van der Waals surface area contributed by atoms with Crippen LogP contribution in [-0.2, 0) is 0 Å². The van der Waals surface area contributed by atoms with E-state index in [9.17, 15) is 8.78 Å². The molecule has 1 aliphatic rings. The predicted molar refractivity (Wildman–Crippen MR) is 26.7 cm³/mol. The second-order valence-electron chi connectivity index (χ2n) is 2.24. The minimum atomic E-state index is -2.20. The van der Waals surface area contributed by atoms with Gasteiger partial charge >= 0.3 is 0 Å². The van der Waals surface area contributed by atoms with Crippen molar-refractivity contribution in [2.24, 2.45) is 11.7 Å². The molecule has 8 heavy (non-hydrogen) atoms. The van der Waals surface area contributed by atoms with Crippen LogP contribution in [0, 0.1) is 5.92 Å². The molecule has 2 atom stereocenters. The molecule has 0 radical (unpaired) electrons. The maximum atomic E-state index is 11.7. The van der Waals surface area contributed by atoms with Gasteiger partial charge in [-0.2, -0.15) is 0 Å². The van der Waals surface area contributed by atoms with Crippen molar-refractivity contribution in [1.82, 2.24) is 0 Å². The summed E-state index contributed by atoms with van der Waals surface area (Å²) in [6.45, 7) is 0. The van der Waals surface area contributed by atoms with E-state index < -0.39 is 12.3 Å². The van der Waals surface area contributed by atoms with Gasteiger partial charge in [0.25, 0.3) is 0 Å². The highest BCUT2D eigenvalue weighted by atomic mass is 19.3. The maximum absolute atomic E-state index is 11.7. The van der Waals surface area contributed by atoms with Crippen molar-refractivity contribution < 1.29 is 8.78 Å². The molecule has 1 rings (SSSR count). The second kappa shape index (κ2) is 1.97. The third-order valence-corrected chi connectivity index (χ3v) is 1.71. The monoisotopic (exact) mass is 121 g/mol. The van der Waals surface area contributed by atoms with Gasteiger partial charge in [0.15, 0.2) is 0 Å². The molecule has 48 valence electrons. The summed E-state index contributed by atoms with van der Waals surface area (Å²) in [5, 5.41) is 0. The molecule has 0 aromatic carbocycles. The van der Waals surface area contributed by atoms with Crippen LogP contribution in [0.3, 0.4) is 0 Å². The van der Waals surface area contributed by atoms with Crippen LogP contribution in [0.15, 0.2) is 0 Å². The van der Waals surface area contributed by atoms with Crippen molar-refractivity contribution >= 4 is 0 Å². The highest BCUT2D eigenvalue weighted by Crippen LogP contribution is 2.30. The van der Waals surface area contributed by atoms with Crippen molar-refractivity contribution in [3.8, 4) is 0 Å². The Morgan fingerprint density at radius 1 is 1.38 bits per heavy atom. The van der Waals surface area contributed by atoms with Gasteiger partial charge in [0.2, 0.25) is 6.43 Å². The van der Waals surface area contributed by atoms with Crippen LogP contribution in [-0.4, -0.2) is 12.5 Å². The van der Waals surface area contributed by atoms with Crippen LogP contribution < -0.4 is 5.73 Å². The van der Waals surface area contributed by atoms with Crippen molar-refractivity contribution in [3.05, 3.63) is 0 Å². The van der Waals surface area contributed by atoms with Crippen LogP contribution in [0.4, 0.5) is 8.78 Å². The molecule has 3 heteroatoms. The molecule has 0 unspecified atom stereocenters. The third kappa shape index (κ3) is 0.823. The van der Waals surface area contributed by atoms with Gasteiger partial charge in [-0.1, -0.05) is 0 Å². The second-order valence-corrected chi connectivity index (χ2v) is 2.24. The molecule has 0 aromatic rings. The zero-order valence-corrected chi connectivity index (χ0v) is 4.48. The van der Waals surface area contributed by atoms with E-state index in [0.29, 0.717) is 6.42 Å². The number of halogens is 2. The van der Waals surface area contributed by atoms with Crippen molar-refractivity contribution in [2.75, 3.05) is 0 Å². The largest absolute Gasteiger partial charge is 0.327 e. The lowest BCUT2D eigenvalue weighted by molar-refractivity contribution is 0.0193. The Hall–Kier alpha value is -0.180.